The fourth-order valence-corrected chi connectivity index (χ4v) is 1.61. The van der Waals surface area contributed by atoms with Crippen LogP contribution >= 0.6 is 11.6 Å². The first-order valence-electron chi connectivity index (χ1n) is 4.39. The number of halogens is 1. The van der Waals surface area contributed by atoms with E-state index in [1.165, 1.54) is 5.56 Å². The van der Waals surface area contributed by atoms with Crippen molar-refractivity contribution < 1.29 is 0 Å². The van der Waals surface area contributed by atoms with Crippen LogP contribution in [-0.4, -0.2) is 14.8 Å². The van der Waals surface area contributed by atoms with Crippen molar-refractivity contribution in [3.05, 3.63) is 47.5 Å². The Morgan fingerprint density at radius 3 is 2.57 bits per heavy atom. The molecule has 14 heavy (non-hydrogen) atoms. The summed E-state index contributed by atoms with van der Waals surface area (Å²) >= 11 is 5.87. The maximum Gasteiger partial charge on any atom is 0.225 e. The Balaban J connectivity index is 2.34. The maximum atomic E-state index is 5.87. The monoisotopic (exact) mass is 207 g/mol. The van der Waals surface area contributed by atoms with E-state index in [1.807, 2.05) is 22.8 Å². The van der Waals surface area contributed by atoms with Crippen molar-refractivity contribution in [3.8, 4) is 0 Å². The Morgan fingerprint density at radius 2 is 2.00 bits per heavy atom. The Hall–Kier alpha value is -1.35. The minimum atomic E-state index is 0.165. The highest BCUT2D eigenvalue weighted by atomic mass is 35.5. The second-order valence-corrected chi connectivity index (χ2v) is 3.43. The van der Waals surface area contributed by atoms with Crippen molar-refractivity contribution in [2.45, 2.75) is 13.0 Å². The van der Waals surface area contributed by atoms with Gasteiger partial charge in [-0.15, -0.1) is 10.2 Å². The van der Waals surface area contributed by atoms with Crippen LogP contribution in [0.5, 0.6) is 0 Å². The van der Waals surface area contributed by atoms with Gasteiger partial charge in [-0.2, -0.15) is 0 Å². The summed E-state index contributed by atoms with van der Waals surface area (Å²) in [6, 6.07) is 10.3. The van der Waals surface area contributed by atoms with Crippen molar-refractivity contribution in [1.29, 1.82) is 0 Å². The minimum Gasteiger partial charge on any atom is -0.297 e. The molecule has 0 bridgehead atoms. The van der Waals surface area contributed by atoms with Crippen molar-refractivity contribution in [2.24, 2.45) is 0 Å². The minimum absolute atomic E-state index is 0.165. The van der Waals surface area contributed by atoms with Crippen LogP contribution < -0.4 is 0 Å². The zero-order chi connectivity index (χ0) is 9.97. The average molecular weight is 208 g/mol. The standard InChI is InChI=1S/C10H10ClN3/c1-8(9-5-3-2-4-6-9)14-7-12-13-10(14)11/h2-8H,1H3. The van der Waals surface area contributed by atoms with Crippen LogP contribution in [0.3, 0.4) is 0 Å². The van der Waals surface area contributed by atoms with Crippen LogP contribution in [0.15, 0.2) is 36.7 Å². The van der Waals surface area contributed by atoms with E-state index in [4.69, 9.17) is 11.6 Å². The van der Waals surface area contributed by atoms with Gasteiger partial charge in [-0.1, -0.05) is 30.3 Å². The molecule has 1 unspecified atom stereocenters. The van der Waals surface area contributed by atoms with Gasteiger partial charge >= 0.3 is 0 Å². The number of hydrogen-bond acceptors (Lipinski definition) is 2. The summed E-state index contributed by atoms with van der Waals surface area (Å²) in [4.78, 5) is 0. The number of hydrogen-bond donors (Lipinski definition) is 0. The summed E-state index contributed by atoms with van der Waals surface area (Å²) in [5.74, 6) is 0. The lowest BCUT2D eigenvalue weighted by atomic mass is 10.1. The molecule has 0 spiro atoms. The quantitative estimate of drug-likeness (QED) is 0.758. The average Bonchev–Trinajstić information content (AvgIpc) is 2.65. The van der Waals surface area contributed by atoms with Gasteiger partial charge in [-0.25, -0.2) is 0 Å². The van der Waals surface area contributed by atoms with E-state index in [0.29, 0.717) is 5.28 Å². The Morgan fingerprint density at radius 1 is 1.29 bits per heavy atom. The van der Waals surface area contributed by atoms with E-state index < -0.39 is 0 Å². The van der Waals surface area contributed by atoms with Crippen LogP contribution in [0, 0.1) is 0 Å². The number of benzene rings is 1. The third kappa shape index (κ3) is 1.63. The highest BCUT2D eigenvalue weighted by molar-refractivity contribution is 6.28. The normalized spacial score (nSPS) is 12.7. The van der Waals surface area contributed by atoms with Gasteiger partial charge in [-0.05, 0) is 24.1 Å². The van der Waals surface area contributed by atoms with Crippen LogP contribution in [0.2, 0.25) is 5.28 Å². The summed E-state index contributed by atoms with van der Waals surface area (Å²) in [5, 5.41) is 7.91. The Bertz CT molecular complexity index is 410. The summed E-state index contributed by atoms with van der Waals surface area (Å²) < 4.78 is 1.83. The fourth-order valence-electron chi connectivity index (χ4n) is 1.38. The third-order valence-electron chi connectivity index (χ3n) is 2.23. The van der Waals surface area contributed by atoms with Gasteiger partial charge < -0.3 is 0 Å². The van der Waals surface area contributed by atoms with Crippen molar-refractivity contribution in [3.63, 3.8) is 0 Å². The van der Waals surface area contributed by atoms with E-state index in [0.717, 1.165) is 0 Å². The summed E-state index contributed by atoms with van der Waals surface area (Å²) in [5.41, 5.74) is 1.19. The number of rotatable bonds is 2. The Kier molecular flexibility index (Phi) is 2.50. The predicted octanol–water partition coefficient (Wildman–Crippen LogP) is 2.54. The third-order valence-corrected chi connectivity index (χ3v) is 2.50. The van der Waals surface area contributed by atoms with E-state index in [9.17, 15) is 0 Å². The van der Waals surface area contributed by atoms with Gasteiger partial charge in [0.15, 0.2) is 0 Å². The van der Waals surface area contributed by atoms with Gasteiger partial charge in [0.25, 0.3) is 0 Å². The molecule has 0 aliphatic carbocycles. The fraction of sp³-hybridized carbons (Fsp3) is 0.200. The summed E-state index contributed by atoms with van der Waals surface area (Å²) in [6.07, 6.45) is 1.64. The lowest BCUT2D eigenvalue weighted by Gasteiger charge is -2.13. The zero-order valence-corrected chi connectivity index (χ0v) is 8.52. The highest BCUT2D eigenvalue weighted by Gasteiger charge is 2.10. The molecule has 72 valence electrons. The molecule has 1 atom stereocenters. The van der Waals surface area contributed by atoms with Crippen LogP contribution in [-0.2, 0) is 0 Å². The molecular weight excluding hydrogens is 198 g/mol. The first-order valence-corrected chi connectivity index (χ1v) is 4.77. The first-order chi connectivity index (χ1) is 6.79. The molecule has 0 fully saturated rings. The van der Waals surface area contributed by atoms with E-state index in [-0.39, 0.29) is 6.04 Å². The highest BCUT2D eigenvalue weighted by Crippen LogP contribution is 2.19. The zero-order valence-electron chi connectivity index (χ0n) is 7.76. The molecule has 0 aliphatic heterocycles. The number of nitrogens with zero attached hydrogens (tertiary/aromatic N) is 3. The molecule has 2 aromatic rings. The first kappa shape index (κ1) is 9.21. The molecule has 4 heteroatoms. The van der Waals surface area contributed by atoms with E-state index >= 15 is 0 Å². The van der Waals surface area contributed by atoms with Crippen molar-refractivity contribution in [1.82, 2.24) is 14.8 Å². The molecule has 3 nitrogen and oxygen atoms in total. The smallest absolute Gasteiger partial charge is 0.225 e. The predicted molar refractivity (Wildman–Crippen MR) is 55.3 cm³/mol. The lowest BCUT2D eigenvalue weighted by Crippen LogP contribution is -2.05. The molecule has 0 saturated carbocycles. The van der Waals surface area contributed by atoms with Gasteiger partial charge in [0, 0.05) is 0 Å². The van der Waals surface area contributed by atoms with Gasteiger partial charge in [0.05, 0.1) is 6.04 Å². The maximum absolute atomic E-state index is 5.87. The van der Waals surface area contributed by atoms with E-state index in [1.54, 1.807) is 6.33 Å². The molecule has 1 aromatic heterocycles. The molecular formula is C10H10ClN3. The Labute approximate surface area is 87.3 Å². The second kappa shape index (κ2) is 3.80. The topological polar surface area (TPSA) is 30.7 Å². The summed E-state index contributed by atoms with van der Waals surface area (Å²) in [6.45, 7) is 2.06. The molecule has 0 N–H and O–H groups in total. The van der Waals surface area contributed by atoms with Crippen LogP contribution in [0.25, 0.3) is 0 Å². The van der Waals surface area contributed by atoms with Crippen molar-refractivity contribution in [2.75, 3.05) is 0 Å². The molecule has 0 aliphatic rings. The summed E-state index contributed by atoms with van der Waals surface area (Å²) in [7, 11) is 0. The molecule has 0 saturated heterocycles. The number of aromatic nitrogens is 3. The molecule has 1 aromatic carbocycles. The van der Waals surface area contributed by atoms with E-state index in [2.05, 4.69) is 29.3 Å². The largest absolute Gasteiger partial charge is 0.297 e. The molecule has 0 amide bonds. The molecule has 0 radical (unpaired) electrons. The SMILES string of the molecule is CC(c1ccccc1)n1cnnc1Cl. The lowest BCUT2D eigenvalue weighted by molar-refractivity contribution is 0.637. The van der Waals surface area contributed by atoms with Crippen LogP contribution in [0.1, 0.15) is 18.5 Å². The van der Waals surface area contributed by atoms with Crippen molar-refractivity contribution >= 4 is 11.6 Å². The van der Waals surface area contributed by atoms with Crippen LogP contribution in [0.4, 0.5) is 0 Å². The molecule has 2 rings (SSSR count). The second-order valence-electron chi connectivity index (χ2n) is 3.09. The van der Waals surface area contributed by atoms with Gasteiger partial charge in [0.1, 0.15) is 6.33 Å². The van der Waals surface area contributed by atoms with Gasteiger partial charge in [0.2, 0.25) is 5.28 Å². The van der Waals surface area contributed by atoms with Gasteiger partial charge in [-0.3, -0.25) is 4.57 Å². The molecule has 1 heterocycles.